The zero-order valence-corrected chi connectivity index (χ0v) is 14.6. The molecule has 25 heavy (non-hydrogen) atoms. The average Bonchev–Trinajstić information content (AvgIpc) is 3.11. The molecule has 0 aliphatic heterocycles. The molecule has 0 N–H and O–H groups in total. The van der Waals surface area contributed by atoms with Crippen molar-refractivity contribution in [3.63, 3.8) is 0 Å². The van der Waals surface area contributed by atoms with E-state index in [4.69, 9.17) is 0 Å². The van der Waals surface area contributed by atoms with Gasteiger partial charge in [0.05, 0.1) is 6.33 Å². The molecule has 0 bridgehead atoms. The summed E-state index contributed by atoms with van der Waals surface area (Å²) in [7, 11) is 0. The van der Waals surface area contributed by atoms with Crippen molar-refractivity contribution in [3.8, 4) is 0 Å². The fourth-order valence-electron chi connectivity index (χ4n) is 3.00. The molecule has 0 aliphatic rings. The minimum absolute atomic E-state index is 0.0597. The van der Waals surface area contributed by atoms with Gasteiger partial charge in [0.1, 0.15) is 6.54 Å². The van der Waals surface area contributed by atoms with Crippen molar-refractivity contribution in [1.29, 1.82) is 0 Å². The van der Waals surface area contributed by atoms with E-state index < -0.39 is 0 Å². The number of para-hydroxylation sites is 1. The van der Waals surface area contributed by atoms with Crippen molar-refractivity contribution in [2.45, 2.75) is 26.8 Å². The van der Waals surface area contributed by atoms with Crippen molar-refractivity contribution in [2.24, 2.45) is 0 Å². The highest BCUT2D eigenvalue weighted by molar-refractivity contribution is 5.94. The van der Waals surface area contributed by atoms with Crippen LogP contribution in [0.2, 0.25) is 0 Å². The number of aromatic nitrogens is 3. The first-order valence-corrected chi connectivity index (χ1v) is 8.36. The molecule has 0 aliphatic carbocycles. The lowest BCUT2D eigenvalue weighted by atomic mass is 10.1. The van der Waals surface area contributed by atoms with Gasteiger partial charge in [-0.3, -0.25) is 9.78 Å². The van der Waals surface area contributed by atoms with Gasteiger partial charge in [-0.1, -0.05) is 18.2 Å². The summed E-state index contributed by atoms with van der Waals surface area (Å²) in [6, 6.07) is 10.1. The van der Waals surface area contributed by atoms with Gasteiger partial charge in [-0.2, -0.15) is 0 Å². The SMILES string of the molecule is Cc1cccc(C)c1N(CCc1ccncc1)C(=O)Cn1ccnc1. The molecule has 0 unspecified atom stereocenters. The third-order valence-corrected chi connectivity index (χ3v) is 4.26. The van der Waals surface area contributed by atoms with Gasteiger partial charge in [-0.25, -0.2) is 4.98 Å². The van der Waals surface area contributed by atoms with E-state index in [9.17, 15) is 4.79 Å². The Balaban J connectivity index is 1.86. The number of aryl methyl sites for hydroxylation is 2. The molecule has 0 radical (unpaired) electrons. The van der Waals surface area contributed by atoms with Crippen molar-refractivity contribution >= 4 is 11.6 Å². The van der Waals surface area contributed by atoms with Crippen LogP contribution in [0.1, 0.15) is 16.7 Å². The number of amides is 1. The van der Waals surface area contributed by atoms with Crippen LogP contribution in [-0.4, -0.2) is 27.0 Å². The van der Waals surface area contributed by atoms with Gasteiger partial charge in [0, 0.05) is 37.0 Å². The van der Waals surface area contributed by atoms with Gasteiger partial charge < -0.3 is 9.47 Å². The Morgan fingerprint density at radius 3 is 2.40 bits per heavy atom. The highest BCUT2D eigenvalue weighted by Gasteiger charge is 2.19. The number of carbonyl (C=O) groups is 1. The van der Waals surface area contributed by atoms with Gasteiger partial charge >= 0.3 is 0 Å². The minimum Gasteiger partial charge on any atom is -0.328 e. The van der Waals surface area contributed by atoms with Crippen molar-refractivity contribution < 1.29 is 4.79 Å². The summed E-state index contributed by atoms with van der Waals surface area (Å²) < 4.78 is 1.80. The maximum absolute atomic E-state index is 13.0. The number of carbonyl (C=O) groups excluding carboxylic acids is 1. The molecule has 0 saturated heterocycles. The number of anilines is 1. The Morgan fingerprint density at radius 1 is 1.04 bits per heavy atom. The predicted molar refractivity (Wildman–Crippen MR) is 98.4 cm³/mol. The number of pyridine rings is 1. The zero-order chi connectivity index (χ0) is 17.6. The standard InChI is InChI=1S/C20H22N4O/c1-16-4-3-5-17(2)20(16)24(12-8-18-6-9-21-10-7-18)19(25)14-23-13-11-22-15-23/h3-7,9-11,13,15H,8,12,14H2,1-2H3. The van der Waals surface area contributed by atoms with Crippen LogP contribution in [0.15, 0.2) is 61.4 Å². The fourth-order valence-corrected chi connectivity index (χ4v) is 3.00. The minimum atomic E-state index is 0.0597. The van der Waals surface area contributed by atoms with Crippen molar-refractivity contribution in [1.82, 2.24) is 14.5 Å². The summed E-state index contributed by atoms with van der Waals surface area (Å²) in [6.07, 6.45) is 9.52. The second kappa shape index (κ2) is 7.75. The number of imidazole rings is 1. The Bertz CT molecular complexity index is 808. The fraction of sp³-hybridized carbons (Fsp3) is 0.250. The van der Waals surface area contributed by atoms with Crippen LogP contribution in [0.3, 0.4) is 0 Å². The van der Waals surface area contributed by atoms with E-state index in [-0.39, 0.29) is 12.5 Å². The molecule has 1 aromatic carbocycles. The molecule has 0 spiro atoms. The molecule has 0 fully saturated rings. The van der Waals surface area contributed by atoms with E-state index in [0.717, 1.165) is 23.2 Å². The summed E-state index contributed by atoms with van der Waals surface area (Å²) in [4.78, 5) is 23.0. The third kappa shape index (κ3) is 4.12. The molecule has 5 heteroatoms. The molecule has 1 amide bonds. The molecular formula is C20H22N4O. The first kappa shape index (κ1) is 16.9. The maximum atomic E-state index is 13.0. The first-order valence-electron chi connectivity index (χ1n) is 8.36. The lowest BCUT2D eigenvalue weighted by Gasteiger charge is -2.26. The number of benzene rings is 1. The predicted octanol–water partition coefficient (Wildman–Crippen LogP) is 3.17. The molecule has 128 valence electrons. The topological polar surface area (TPSA) is 51.0 Å². The molecule has 0 saturated carbocycles. The normalized spacial score (nSPS) is 10.6. The van der Waals surface area contributed by atoms with Crippen LogP contribution in [0.25, 0.3) is 0 Å². The van der Waals surface area contributed by atoms with E-state index in [2.05, 4.69) is 9.97 Å². The van der Waals surface area contributed by atoms with Crippen LogP contribution < -0.4 is 4.90 Å². The van der Waals surface area contributed by atoms with Crippen LogP contribution in [-0.2, 0) is 17.8 Å². The lowest BCUT2D eigenvalue weighted by Crippen LogP contribution is -2.36. The highest BCUT2D eigenvalue weighted by Crippen LogP contribution is 2.25. The first-order chi connectivity index (χ1) is 12.1. The van der Waals surface area contributed by atoms with Gasteiger partial charge in [0.2, 0.25) is 5.91 Å². The molecule has 3 aromatic rings. The molecular weight excluding hydrogens is 312 g/mol. The highest BCUT2D eigenvalue weighted by atomic mass is 16.2. The van der Waals surface area contributed by atoms with E-state index >= 15 is 0 Å². The number of nitrogens with zero attached hydrogens (tertiary/aromatic N) is 4. The maximum Gasteiger partial charge on any atom is 0.246 e. The average molecular weight is 334 g/mol. The third-order valence-electron chi connectivity index (χ3n) is 4.26. The van der Waals surface area contributed by atoms with Gasteiger partial charge in [-0.15, -0.1) is 0 Å². The number of hydrogen-bond donors (Lipinski definition) is 0. The summed E-state index contributed by atoms with van der Waals surface area (Å²) in [5, 5.41) is 0. The van der Waals surface area contributed by atoms with Crippen LogP contribution in [0, 0.1) is 13.8 Å². The summed E-state index contributed by atoms with van der Waals surface area (Å²) >= 11 is 0. The van der Waals surface area contributed by atoms with Crippen LogP contribution >= 0.6 is 0 Å². The Hall–Kier alpha value is -2.95. The number of hydrogen-bond acceptors (Lipinski definition) is 3. The molecule has 0 atom stereocenters. The van der Waals surface area contributed by atoms with Gasteiger partial charge in [-0.05, 0) is 49.1 Å². The Morgan fingerprint density at radius 2 is 1.76 bits per heavy atom. The summed E-state index contributed by atoms with van der Waals surface area (Å²) in [5.74, 6) is 0.0597. The van der Waals surface area contributed by atoms with Gasteiger partial charge in [0.25, 0.3) is 0 Å². The zero-order valence-electron chi connectivity index (χ0n) is 14.6. The monoisotopic (exact) mass is 334 g/mol. The van der Waals surface area contributed by atoms with Crippen molar-refractivity contribution in [3.05, 3.63) is 78.1 Å². The molecule has 2 aromatic heterocycles. The van der Waals surface area contributed by atoms with Crippen molar-refractivity contribution in [2.75, 3.05) is 11.4 Å². The lowest BCUT2D eigenvalue weighted by molar-refractivity contribution is -0.119. The second-order valence-electron chi connectivity index (χ2n) is 6.13. The second-order valence-corrected chi connectivity index (χ2v) is 6.13. The molecule has 5 nitrogen and oxygen atoms in total. The smallest absolute Gasteiger partial charge is 0.246 e. The Labute approximate surface area is 148 Å². The summed E-state index contributed by atoms with van der Waals surface area (Å²) in [5.41, 5.74) is 4.38. The largest absolute Gasteiger partial charge is 0.328 e. The van der Waals surface area contributed by atoms with Crippen LogP contribution in [0.4, 0.5) is 5.69 Å². The Kier molecular flexibility index (Phi) is 5.23. The quantitative estimate of drug-likeness (QED) is 0.696. The van der Waals surface area contributed by atoms with E-state index in [0.29, 0.717) is 6.54 Å². The van der Waals surface area contributed by atoms with Gasteiger partial charge in [0.15, 0.2) is 0 Å². The van der Waals surface area contributed by atoms with Crippen LogP contribution in [0.5, 0.6) is 0 Å². The summed E-state index contributed by atoms with van der Waals surface area (Å²) in [6.45, 7) is 5.01. The molecule has 3 rings (SSSR count). The van der Waals surface area contributed by atoms with E-state index in [1.807, 2.05) is 55.3 Å². The van der Waals surface area contributed by atoms with E-state index in [1.54, 1.807) is 29.5 Å². The molecule has 2 heterocycles. The number of rotatable bonds is 6. The van der Waals surface area contributed by atoms with E-state index in [1.165, 1.54) is 5.56 Å².